The van der Waals surface area contributed by atoms with Gasteiger partial charge in [-0.3, -0.25) is 9.20 Å². The fourth-order valence-corrected chi connectivity index (χ4v) is 4.60. The number of hydrogen-bond donors (Lipinski definition) is 2. The average Bonchev–Trinajstić information content (AvgIpc) is 3.44. The Morgan fingerprint density at radius 3 is 2.67 bits per heavy atom. The number of nitrogens with one attached hydrogen (secondary N) is 2. The first-order valence-corrected chi connectivity index (χ1v) is 13.1. The Balaban J connectivity index is 1.54. The van der Waals surface area contributed by atoms with E-state index < -0.39 is 0 Å². The molecular weight excluding hydrogens is 448 g/mol. The SMILES string of the molecule is CCc1nc2ccc(C(=O)NCCc3c[nH]c4ccccc34)cn2c1N(CCC(C)C)CCN(C)C. The van der Waals surface area contributed by atoms with E-state index in [0.717, 1.165) is 61.6 Å². The van der Waals surface area contributed by atoms with Crippen molar-refractivity contribution >= 4 is 28.3 Å². The number of H-pyrrole nitrogens is 1. The number of aryl methyl sites for hydroxylation is 1. The summed E-state index contributed by atoms with van der Waals surface area (Å²) in [5.74, 6) is 1.68. The fraction of sp³-hybridized carbons (Fsp3) is 0.448. The molecule has 7 heteroatoms. The van der Waals surface area contributed by atoms with Gasteiger partial charge in [-0.05, 0) is 63.0 Å². The molecule has 0 radical (unpaired) electrons. The zero-order chi connectivity index (χ0) is 25.7. The third-order valence-corrected chi connectivity index (χ3v) is 6.71. The first-order valence-electron chi connectivity index (χ1n) is 13.1. The van der Waals surface area contributed by atoms with E-state index in [-0.39, 0.29) is 5.91 Å². The van der Waals surface area contributed by atoms with Crippen molar-refractivity contribution < 1.29 is 4.79 Å². The third kappa shape index (κ3) is 5.90. The van der Waals surface area contributed by atoms with Crippen LogP contribution in [0.1, 0.15) is 48.8 Å². The summed E-state index contributed by atoms with van der Waals surface area (Å²) in [4.78, 5) is 26.0. The van der Waals surface area contributed by atoms with Crippen LogP contribution >= 0.6 is 0 Å². The molecule has 192 valence electrons. The van der Waals surface area contributed by atoms with Crippen molar-refractivity contribution in [3.63, 3.8) is 0 Å². The second kappa shape index (κ2) is 11.6. The summed E-state index contributed by atoms with van der Waals surface area (Å²) in [5, 5.41) is 4.32. The summed E-state index contributed by atoms with van der Waals surface area (Å²) < 4.78 is 2.11. The predicted molar refractivity (Wildman–Crippen MR) is 149 cm³/mol. The van der Waals surface area contributed by atoms with Crippen LogP contribution in [0.2, 0.25) is 0 Å². The second-order valence-corrected chi connectivity index (χ2v) is 10.2. The van der Waals surface area contributed by atoms with Crippen LogP contribution in [0.25, 0.3) is 16.6 Å². The Bertz CT molecular complexity index is 1290. The number of para-hydroxylation sites is 1. The number of benzene rings is 1. The van der Waals surface area contributed by atoms with Crippen molar-refractivity contribution in [2.45, 2.75) is 40.0 Å². The average molecular weight is 489 g/mol. The van der Waals surface area contributed by atoms with Gasteiger partial charge in [0.2, 0.25) is 0 Å². The van der Waals surface area contributed by atoms with Gasteiger partial charge in [0.1, 0.15) is 11.5 Å². The molecule has 1 aromatic carbocycles. The number of fused-ring (bicyclic) bond motifs is 2. The molecule has 36 heavy (non-hydrogen) atoms. The smallest absolute Gasteiger partial charge is 0.252 e. The third-order valence-electron chi connectivity index (χ3n) is 6.71. The molecule has 0 fully saturated rings. The second-order valence-electron chi connectivity index (χ2n) is 10.2. The normalized spacial score (nSPS) is 11.8. The Labute approximate surface area is 214 Å². The number of rotatable bonds is 12. The minimum absolute atomic E-state index is 0.0588. The van der Waals surface area contributed by atoms with Crippen molar-refractivity contribution in [2.75, 3.05) is 45.2 Å². The lowest BCUT2D eigenvalue weighted by Crippen LogP contribution is -2.34. The molecule has 0 aliphatic carbocycles. The monoisotopic (exact) mass is 488 g/mol. The maximum Gasteiger partial charge on any atom is 0.252 e. The lowest BCUT2D eigenvalue weighted by Gasteiger charge is -2.27. The van der Waals surface area contributed by atoms with Gasteiger partial charge in [-0.15, -0.1) is 0 Å². The van der Waals surface area contributed by atoms with Crippen LogP contribution in [0.4, 0.5) is 5.82 Å². The number of aromatic amines is 1. The molecule has 0 unspecified atom stereocenters. The molecule has 0 aliphatic heterocycles. The summed E-state index contributed by atoms with van der Waals surface area (Å²) >= 11 is 0. The summed E-state index contributed by atoms with van der Waals surface area (Å²) in [6.07, 6.45) is 6.73. The Hall–Kier alpha value is -3.32. The number of aromatic nitrogens is 3. The van der Waals surface area contributed by atoms with Gasteiger partial charge in [0.15, 0.2) is 0 Å². The zero-order valence-electron chi connectivity index (χ0n) is 22.3. The number of nitrogens with zero attached hydrogens (tertiary/aromatic N) is 4. The molecule has 3 aromatic heterocycles. The van der Waals surface area contributed by atoms with Crippen molar-refractivity contribution in [1.82, 2.24) is 24.6 Å². The van der Waals surface area contributed by atoms with E-state index in [0.29, 0.717) is 18.0 Å². The summed E-state index contributed by atoms with van der Waals surface area (Å²) in [7, 11) is 4.21. The standard InChI is InChI=1S/C29H40N6O/c1-6-25-29(34(16-14-21(2)3)18-17-33(4)5)35-20-23(11-12-27(35)32-25)28(36)30-15-13-22-19-31-26-10-8-7-9-24(22)26/h7-12,19-21,31H,6,13-18H2,1-5H3,(H,30,36). The number of hydrogen-bond acceptors (Lipinski definition) is 4. The fourth-order valence-electron chi connectivity index (χ4n) is 4.60. The lowest BCUT2D eigenvalue weighted by molar-refractivity contribution is 0.0953. The first kappa shape index (κ1) is 25.8. The molecule has 3 heterocycles. The van der Waals surface area contributed by atoms with E-state index in [9.17, 15) is 4.79 Å². The topological polar surface area (TPSA) is 68.7 Å². The van der Waals surface area contributed by atoms with Gasteiger partial charge in [-0.1, -0.05) is 39.0 Å². The molecular formula is C29H40N6O. The molecule has 0 atom stereocenters. The zero-order valence-corrected chi connectivity index (χ0v) is 22.3. The van der Waals surface area contributed by atoms with Crippen LogP contribution in [0.15, 0.2) is 48.8 Å². The number of carbonyl (C=O) groups excluding carboxylic acids is 1. The highest BCUT2D eigenvalue weighted by atomic mass is 16.1. The first-order chi connectivity index (χ1) is 17.4. The van der Waals surface area contributed by atoms with Crippen LogP contribution in [-0.4, -0.2) is 65.5 Å². The van der Waals surface area contributed by atoms with Gasteiger partial charge >= 0.3 is 0 Å². The van der Waals surface area contributed by atoms with Gasteiger partial charge in [0.25, 0.3) is 5.91 Å². The van der Waals surface area contributed by atoms with Crippen LogP contribution in [-0.2, 0) is 12.8 Å². The highest BCUT2D eigenvalue weighted by molar-refractivity contribution is 5.94. The number of pyridine rings is 1. The molecule has 0 saturated carbocycles. The van der Waals surface area contributed by atoms with E-state index >= 15 is 0 Å². The van der Waals surface area contributed by atoms with E-state index in [1.54, 1.807) is 0 Å². The largest absolute Gasteiger partial charge is 0.361 e. The number of imidazole rings is 1. The van der Waals surface area contributed by atoms with E-state index in [4.69, 9.17) is 4.98 Å². The molecule has 4 aromatic rings. The quantitative estimate of drug-likeness (QED) is 0.302. The van der Waals surface area contributed by atoms with E-state index in [1.807, 2.05) is 36.7 Å². The summed E-state index contributed by atoms with van der Waals surface area (Å²) in [6, 6.07) is 12.1. The molecule has 4 rings (SSSR count). The Morgan fingerprint density at radius 1 is 1.11 bits per heavy atom. The molecule has 0 spiro atoms. The van der Waals surface area contributed by atoms with Crippen LogP contribution < -0.4 is 10.2 Å². The number of amides is 1. The summed E-state index contributed by atoms with van der Waals surface area (Å²) in [6.45, 7) is 10.1. The molecule has 0 aliphatic rings. The van der Waals surface area contributed by atoms with Crippen molar-refractivity contribution in [3.8, 4) is 0 Å². The number of anilines is 1. The maximum absolute atomic E-state index is 13.1. The predicted octanol–water partition coefficient (Wildman–Crippen LogP) is 4.76. The van der Waals surface area contributed by atoms with E-state index in [1.165, 1.54) is 10.9 Å². The highest BCUT2D eigenvalue weighted by Crippen LogP contribution is 2.25. The van der Waals surface area contributed by atoms with E-state index in [2.05, 4.69) is 71.5 Å². The van der Waals surface area contributed by atoms with Gasteiger partial charge in [0, 0.05) is 49.5 Å². The summed E-state index contributed by atoms with van der Waals surface area (Å²) in [5.41, 5.74) is 4.96. The minimum atomic E-state index is -0.0588. The highest BCUT2D eigenvalue weighted by Gasteiger charge is 2.19. The Morgan fingerprint density at radius 2 is 1.92 bits per heavy atom. The molecule has 1 amide bonds. The van der Waals surface area contributed by atoms with Gasteiger partial charge in [0.05, 0.1) is 11.3 Å². The molecule has 2 N–H and O–H groups in total. The van der Waals surface area contributed by atoms with Crippen molar-refractivity contribution in [3.05, 3.63) is 65.6 Å². The van der Waals surface area contributed by atoms with Crippen LogP contribution in [0.5, 0.6) is 0 Å². The molecule has 0 saturated heterocycles. The van der Waals surface area contributed by atoms with Crippen LogP contribution in [0.3, 0.4) is 0 Å². The van der Waals surface area contributed by atoms with Gasteiger partial charge in [-0.2, -0.15) is 0 Å². The van der Waals surface area contributed by atoms with Crippen molar-refractivity contribution in [2.24, 2.45) is 5.92 Å². The maximum atomic E-state index is 13.1. The minimum Gasteiger partial charge on any atom is -0.361 e. The molecule has 0 bridgehead atoms. The van der Waals surface area contributed by atoms with Gasteiger partial charge in [-0.25, -0.2) is 4.98 Å². The lowest BCUT2D eigenvalue weighted by atomic mass is 10.1. The van der Waals surface area contributed by atoms with Crippen LogP contribution in [0, 0.1) is 5.92 Å². The van der Waals surface area contributed by atoms with Gasteiger partial charge < -0.3 is 20.1 Å². The number of likely N-dealkylation sites (N-methyl/N-ethyl adjacent to an activating group) is 1. The Kier molecular flexibility index (Phi) is 8.31. The molecule has 7 nitrogen and oxygen atoms in total. The van der Waals surface area contributed by atoms with Crippen molar-refractivity contribution in [1.29, 1.82) is 0 Å². The number of carbonyl (C=O) groups is 1.